The molecule has 1 saturated carbocycles. The molecular weight excluding hydrogens is 269 g/mol. The highest BCUT2D eigenvalue weighted by atomic mass is 35.5. The Kier molecular flexibility index (Phi) is 4.57. The van der Waals surface area contributed by atoms with Crippen LogP contribution >= 0.6 is 23.2 Å². The maximum absolute atomic E-state index is 6.21. The molecule has 1 aliphatic carbocycles. The van der Waals surface area contributed by atoms with Crippen LogP contribution in [0, 0.1) is 12.3 Å². The molecule has 1 aliphatic rings. The van der Waals surface area contributed by atoms with E-state index >= 15 is 0 Å². The van der Waals surface area contributed by atoms with Gasteiger partial charge in [-0.1, -0.05) is 24.4 Å². The third-order valence-electron chi connectivity index (χ3n) is 4.02. The third-order valence-corrected chi connectivity index (χ3v) is 5.06. The van der Waals surface area contributed by atoms with Gasteiger partial charge in [0.2, 0.25) is 0 Å². The Bertz CT molecular complexity index is 409. The summed E-state index contributed by atoms with van der Waals surface area (Å²) < 4.78 is 1.72. The van der Waals surface area contributed by atoms with Crippen LogP contribution in [0.15, 0.2) is 0 Å². The van der Waals surface area contributed by atoms with E-state index < -0.39 is 0 Å². The smallest absolute Gasteiger partial charge is 0.131 e. The van der Waals surface area contributed by atoms with Crippen molar-refractivity contribution in [2.45, 2.75) is 39.2 Å². The zero-order chi connectivity index (χ0) is 13.2. The monoisotopic (exact) mass is 289 g/mol. The molecule has 18 heavy (non-hydrogen) atoms. The average Bonchev–Trinajstić information content (AvgIpc) is 2.91. The maximum Gasteiger partial charge on any atom is 0.131 e. The van der Waals surface area contributed by atoms with Crippen molar-refractivity contribution in [1.82, 2.24) is 15.1 Å². The Labute approximate surface area is 119 Å². The van der Waals surface area contributed by atoms with Gasteiger partial charge in [-0.25, -0.2) is 0 Å². The molecule has 102 valence electrons. The number of rotatable bonds is 5. The number of nitrogens with zero attached hydrogens (tertiary/aromatic N) is 2. The molecule has 1 aromatic rings. The van der Waals surface area contributed by atoms with E-state index in [-0.39, 0.29) is 0 Å². The lowest BCUT2D eigenvalue weighted by Crippen LogP contribution is -2.33. The number of aromatic nitrogens is 2. The summed E-state index contributed by atoms with van der Waals surface area (Å²) in [6, 6.07) is 0. The second-order valence-electron chi connectivity index (χ2n) is 5.42. The Hall–Kier alpha value is -0.250. The van der Waals surface area contributed by atoms with Gasteiger partial charge in [0.25, 0.3) is 0 Å². The predicted molar refractivity (Wildman–Crippen MR) is 76.3 cm³/mol. The fourth-order valence-electron chi connectivity index (χ4n) is 2.81. The number of nitrogens with one attached hydrogen (secondary N) is 1. The first-order valence-corrected chi connectivity index (χ1v) is 7.44. The minimum absolute atomic E-state index is 0.296. The van der Waals surface area contributed by atoms with Crippen molar-refractivity contribution < 1.29 is 0 Å². The van der Waals surface area contributed by atoms with Crippen LogP contribution in [-0.4, -0.2) is 22.2 Å². The van der Waals surface area contributed by atoms with Crippen molar-refractivity contribution in [1.29, 1.82) is 0 Å². The largest absolute Gasteiger partial charge is 0.312 e. The molecule has 0 saturated heterocycles. The summed E-state index contributed by atoms with van der Waals surface area (Å²) in [5, 5.41) is 8.55. The number of hydrogen-bond donors (Lipinski definition) is 1. The van der Waals surface area contributed by atoms with E-state index in [2.05, 4.69) is 10.4 Å². The first-order chi connectivity index (χ1) is 8.58. The second kappa shape index (κ2) is 5.81. The van der Waals surface area contributed by atoms with Crippen LogP contribution in [-0.2, 0) is 13.6 Å². The molecule has 1 fully saturated rings. The van der Waals surface area contributed by atoms with Crippen molar-refractivity contribution in [2.24, 2.45) is 12.5 Å². The second-order valence-corrected chi connectivity index (χ2v) is 6.05. The standard InChI is InChI=1S/C13H21Cl2N3/c1-10-11(12(15)18(2)17-10)7-16-9-13(8-14)5-3-4-6-13/h16H,3-9H2,1-2H3. The molecule has 0 unspecified atom stereocenters. The summed E-state index contributed by atoms with van der Waals surface area (Å²) in [6.07, 6.45) is 5.09. The fraction of sp³-hybridized carbons (Fsp3) is 0.769. The summed E-state index contributed by atoms with van der Waals surface area (Å²) in [7, 11) is 1.87. The van der Waals surface area contributed by atoms with Crippen LogP contribution in [0.4, 0.5) is 0 Å². The van der Waals surface area contributed by atoms with E-state index in [4.69, 9.17) is 23.2 Å². The number of alkyl halides is 1. The van der Waals surface area contributed by atoms with Gasteiger partial charge in [0.15, 0.2) is 0 Å². The highest BCUT2D eigenvalue weighted by Gasteiger charge is 2.32. The van der Waals surface area contributed by atoms with Gasteiger partial charge in [-0.15, -0.1) is 11.6 Å². The lowest BCUT2D eigenvalue weighted by Gasteiger charge is -2.26. The van der Waals surface area contributed by atoms with E-state index in [9.17, 15) is 0 Å². The molecule has 0 radical (unpaired) electrons. The Morgan fingerprint density at radius 1 is 1.39 bits per heavy atom. The summed E-state index contributed by atoms with van der Waals surface area (Å²) in [4.78, 5) is 0. The van der Waals surface area contributed by atoms with Gasteiger partial charge in [0.1, 0.15) is 5.15 Å². The number of halogens is 2. The maximum atomic E-state index is 6.21. The van der Waals surface area contributed by atoms with Crippen LogP contribution in [0.1, 0.15) is 36.9 Å². The van der Waals surface area contributed by atoms with Gasteiger partial charge in [-0.3, -0.25) is 4.68 Å². The Balaban J connectivity index is 1.92. The molecule has 0 aliphatic heterocycles. The summed E-state index contributed by atoms with van der Waals surface area (Å²) in [5.41, 5.74) is 2.40. The minimum Gasteiger partial charge on any atom is -0.312 e. The fourth-order valence-corrected chi connectivity index (χ4v) is 3.41. The third kappa shape index (κ3) is 2.84. The van der Waals surface area contributed by atoms with Crippen molar-refractivity contribution in [3.05, 3.63) is 16.4 Å². The molecule has 1 aromatic heterocycles. The van der Waals surface area contributed by atoms with E-state index in [1.54, 1.807) is 4.68 Å². The van der Waals surface area contributed by atoms with Crippen LogP contribution in [0.2, 0.25) is 5.15 Å². The Morgan fingerprint density at radius 2 is 2.06 bits per heavy atom. The lowest BCUT2D eigenvalue weighted by molar-refractivity contribution is 0.320. The molecule has 0 bridgehead atoms. The molecule has 3 nitrogen and oxygen atoms in total. The van der Waals surface area contributed by atoms with Gasteiger partial charge in [0, 0.05) is 31.6 Å². The SMILES string of the molecule is Cc1nn(C)c(Cl)c1CNCC1(CCl)CCCC1. The molecule has 0 spiro atoms. The molecule has 1 heterocycles. The van der Waals surface area contributed by atoms with Crippen molar-refractivity contribution in [3.63, 3.8) is 0 Å². The molecular formula is C13H21Cl2N3. The highest BCUT2D eigenvalue weighted by Crippen LogP contribution is 2.38. The zero-order valence-electron chi connectivity index (χ0n) is 11.1. The van der Waals surface area contributed by atoms with Crippen molar-refractivity contribution in [3.8, 4) is 0 Å². The topological polar surface area (TPSA) is 29.9 Å². The highest BCUT2D eigenvalue weighted by molar-refractivity contribution is 6.30. The van der Waals surface area contributed by atoms with E-state index in [0.717, 1.165) is 35.4 Å². The lowest BCUT2D eigenvalue weighted by atomic mass is 9.88. The van der Waals surface area contributed by atoms with Gasteiger partial charge in [-0.05, 0) is 25.2 Å². The van der Waals surface area contributed by atoms with Crippen LogP contribution in [0.5, 0.6) is 0 Å². The van der Waals surface area contributed by atoms with Gasteiger partial charge in [0.05, 0.1) is 5.69 Å². The first kappa shape index (κ1) is 14.2. The molecule has 5 heteroatoms. The van der Waals surface area contributed by atoms with Gasteiger partial charge < -0.3 is 5.32 Å². The van der Waals surface area contributed by atoms with E-state index in [1.807, 2.05) is 14.0 Å². The zero-order valence-corrected chi connectivity index (χ0v) is 12.6. The van der Waals surface area contributed by atoms with E-state index in [1.165, 1.54) is 25.7 Å². The van der Waals surface area contributed by atoms with Crippen LogP contribution in [0.25, 0.3) is 0 Å². The molecule has 0 aromatic carbocycles. The summed E-state index contributed by atoms with van der Waals surface area (Å²) in [6.45, 7) is 3.74. The quantitative estimate of drug-likeness (QED) is 0.843. The van der Waals surface area contributed by atoms with Gasteiger partial charge >= 0.3 is 0 Å². The molecule has 0 amide bonds. The molecule has 1 N–H and O–H groups in total. The summed E-state index contributed by atoms with van der Waals surface area (Å²) >= 11 is 12.3. The van der Waals surface area contributed by atoms with Crippen LogP contribution < -0.4 is 5.32 Å². The minimum atomic E-state index is 0.296. The van der Waals surface area contributed by atoms with Crippen molar-refractivity contribution >= 4 is 23.2 Å². The van der Waals surface area contributed by atoms with Gasteiger partial charge in [-0.2, -0.15) is 5.10 Å². The van der Waals surface area contributed by atoms with Crippen LogP contribution in [0.3, 0.4) is 0 Å². The Morgan fingerprint density at radius 3 is 2.56 bits per heavy atom. The summed E-state index contributed by atoms with van der Waals surface area (Å²) in [5.74, 6) is 0.750. The predicted octanol–water partition coefficient (Wildman–Crippen LogP) is 3.27. The molecule has 2 rings (SSSR count). The first-order valence-electron chi connectivity index (χ1n) is 6.53. The molecule has 0 atom stereocenters. The number of hydrogen-bond acceptors (Lipinski definition) is 2. The van der Waals surface area contributed by atoms with Crippen molar-refractivity contribution in [2.75, 3.05) is 12.4 Å². The normalized spacial score (nSPS) is 18.4. The number of aryl methyl sites for hydroxylation is 2. The average molecular weight is 290 g/mol. The van der Waals surface area contributed by atoms with E-state index in [0.29, 0.717) is 5.41 Å².